The molecule has 0 aliphatic carbocycles. The molecule has 156 valence electrons. The second kappa shape index (κ2) is 8.28. The van der Waals surface area contributed by atoms with Gasteiger partial charge in [0.25, 0.3) is 5.56 Å². The number of fused-ring (bicyclic) bond motifs is 1. The molecule has 0 saturated carbocycles. The summed E-state index contributed by atoms with van der Waals surface area (Å²) in [5, 5.41) is 0.449. The molecule has 1 aliphatic rings. The Morgan fingerprint density at radius 2 is 1.67 bits per heavy atom. The third-order valence-corrected chi connectivity index (χ3v) is 5.83. The van der Waals surface area contributed by atoms with E-state index in [1.54, 1.807) is 31.2 Å². The summed E-state index contributed by atoms with van der Waals surface area (Å²) < 4.78 is 2.62. The van der Waals surface area contributed by atoms with Crippen LogP contribution in [0.4, 0.5) is 0 Å². The number of benzene rings is 2. The van der Waals surface area contributed by atoms with Gasteiger partial charge < -0.3 is 9.80 Å². The quantitative estimate of drug-likeness (QED) is 0.662. The van der Waals surface area contributed by atoms with Gasteiger partial charge in [-0.3, -0.25) is 18.7 Å². The Labute approximate surface area is 174 Å². The van der Waals surface area contributed by atoms with E-state index >= 15 is 0 Å². The van der Waals surface area contributed by atoms with Crippen molar-refractivity contribution in [1.82, 2.24) is 18.9 Å². The van der Waals surface area contributed by atoms with Gasteiger partial charge in [-0.2, -0.15) is 0 Å². The fourth-order valence-corrected chi connectivity index (χ4v) is 4.21. The number of amides is 1. The van der Waals surface area contributed by atoms with Crippen molar-refractivity contribution in [3.05, 3.63) is 81.0 Å². The number of likely N-dealkylation sites (N-methyl/N-ethyl adjacent to an activating group) is 1. The Morgan fingerprint density at radius 1 is 0.967 bits per heavy atom. The van der Waals surface area contributed by atoms with Gasteiger partial charge in [0.1, 0.15) is 6.54 Å². The third-order valence-electron chi connectivity index (χ3n) is 5.83. The average Bonchev–Trinajstić information content (AvgIpc) is 2.77. The van der Waals surface area contributed by atoms with E-state index in [0.29, 0.717) is 17.4 Å². The van der Waals surface area contributed by atoms with E-state index in [2.05, 4.69) is 4.90 Å². The summed E-state index contributed by atoms with van der Waals surface area (Å²) in [7, 11) is 2.05. The van der Waals surface area contributed by atoms with Crippen molar-refractivity contribution in [3.63, 3.8) is 0 Å². The molecular formula is C23H26N4O3. The highest BCUT2D eigenvalue weighted by Gasteiger charge is 2.30. The minimum absolute atomic E-state index is 0.0727. The molecule has 30 heavy (non-hydrogen) atoms. The molecule has 1 amide bonds. The summed E-state index contributed by atoms with van der Waals surface area (Å²) in [4.78, 5) is 43.1. The zero-order chi connectivity index (χ0) is 21.3. The van der Waals surface area contributed by atoms with Gasteiger partial charge >= 0.3 is 5.69 Å². The Balaban J connectivity index is 1.74. The SMILES string of the molecule is CCn1c(=O)c2ccccc2n(CC(=O)N2CCN(C)CC2c2ccccc2)c1=O. The lowest BCUT2D eigenvalue weighted by molar-refractivity contribution is -0.136. The summed E-state index contributed by atoms with van der Waals surface area (Å²) >= 11 is 0. The summed E-state index contributed by atoms with van der Waals surface area (Å²) in [5.74, 6) is -0.120. The number of aromatic nitrogens is 2. The molecule has 1 aliphatic heterocycles. The number of hydrogen-bond acceptors (Lipinski definition) is 4. The number of carbonyl (C=O) groups excluding carboxylic acids is 1. The molecule has 1 fully saturated rings. The Morgan fingerprint density at radius 3 is 2.40 bits per heavy atom. The fraction of sp³-hybridized carbons (Fsp3) is 0.348. The summed E-state index contributed by atoms with van der Waals surface area (Å²) in [5.41, 5.74) is 0.813. The normalized spacial score (nSPS) is 17.4. The first-order valence-corrected chi connectivity index (χ1v) is 10.3. The molecular weight excluding hydrogens is 380 g/mol. The van der Waals surface area contributed by atoms with Crippen LogP contribution in [0.15, 0.2) is 64.2 Å². The molecule has 2 aromatic carbocycles. The van der Waals surface area contributed by atoms with Crippen LogP contribution in [0.3, 0.4) is 0 Å². The minimum atomic E-state index is -0.445. The van der Waals surface area contributed by atoms with Gasteiger partial charge in [-0.25, -0.2) is 4.79 Å². The molecule has 0 bridgehead atoms. The number of para-hydroxylation sites is 1. The zero-order valence-electron chi connectivity index (χ0n) is 17.3. The number of hydrogen-bond donors (Lipinski definition) is 0. The molecule has 1 saturated heterocycles. The van der Waals surface area contributed by atoms with Crippen LogP contribution in [0.1, 0.15) is 18.5 Å². The summed E-state index contributed by atoms with van der Waals surface area (Å²) in [6, 6.07) is 16.9. The van der Waals surface area contributed by atoms with E-state index in [9.17, 15) is 14.4 Å². The lowest BCUT2D eigenvalue weighted by atomic mass is 10.0. The van der Waals surface area contributed by atoms with Crippen molar-refractivity contribution in [1.29, 1.82) is 0 Å². The van der Waals surface area contributed by atoms with Gasteiger partial charge in [0.2, 0.25) is 5.91 Å². The highest BCUT2D eigenvalue weighted by molar-refractivity contribution is 5.82. The third kappa shape index (κ3) is 3.57. The van der Waals surface area contributed by atoms with Crippen LogP contribution in [-0.2, 0) is 17.9 Å². The van der Waals surface area contributed by atoms with E-state index < -0.39 is 5.69 Å². The predicted octanol–water partition coefficient (Wildman–Crippen LogP) is 1.70. The van der Waals surface area contributed by atoms with Crippen molar-refractivity contribution in [2.24, 2.45) is 0 Å². The standard InChI is InChI=1S/C23H26N4O3/c1-3-25-22(29)18-11-7-8-12-19(18)27(23(25)30)16-21(28)26-14-13-24(2)15-20(26)17-9-5-4-6-10-17/h4-12,20H,3,13-16H2,1-2H3. The van der Waals surface area contributed by atoms with Crippen molar-refractivity contribution >= 4 is 16.8 Å². The molecule has 0 N–H and O–H groups in total. The largest absolute Gasteiger partial charge is 0.332 e. The monoisotopic (exact) mass is 406 g/mol. The lowest BCUT2D eigenvalue weighted by Crippen LogP contribution is -2.51. The van der Waals surface area contributed by atoms with Gasteiger partial charge in [-0.05, 0) is 31.7 Å². The second-order valence-corrected chi connectivity index (χ2v) is 7.71. The number of rotatable bonds is 4. The molecule has 1 aromatic heterocycles. The van der Waals surface area contributed by atoms with Gasteiger partial charge in [0, 0.05) is 26.2 Å². The highest BCUT2D eigenvalue weighted by Crippen LogP contribution is 2.25. The maximum atomic E-state index is 13.4. The molecule has 7 nitrogen and oxygen atoms in total. The summed E-state index contributed by atoms with van der Waals surface area (Å²) in [6.07, 6.45) is 0. The number of nitrogens with zero attached hydrogens (tertiary/aromatic N) is 4. The smallest absolute Gasteiger partial charge is 0.331 e. The topological polar surface area (TPSA) is 67.6 Å². The molecule has 7 heteroatoms. The van der Waals surface area contributed by atoms with Crippen LogP contribution in [0.25, 0.3) is 10.9 Å². The van der Waals surface area contributed by atoms with E-state index in [0.717, 1.165) is 18.7 Å². The number of carbonyl (C=O) groups is 1. The highest BCUT2D eigenvalue weighted by atomic mass is 16.2. The van der Waals surface area contributed by atoms with Crippen LogP contribution < -0.4 is 11.2 Å². The van der Waals surface area contributed by atoms with Gasteiger partial charge in [0.05, 0.1) is 16.9 Å². The van der Waals surface area contributed by atoms with Crippen LogP contribution >= 0.6 is 0 Å². The zero-order valence-corrected chi connectivity index (χ0v) is 17.3. The van der Waals surface area contributed by atoms with Gasteiger partial charge in [-0.1, -0.05) is 42.5 Å². The van der Waals surface area contributed by atoms with Crippen molar-refractivity contribution in [2.45, 2.75) is 26.1 Å². The van der Waals surface area contributed by atoms with Crippen LogP contribution in [0.2, 0.25) is 0 Å². The van der Waals surface area contributed by atoms with Gasteiger partial charge in [0.15, 0.2) is 0 Å². The molecule has 3 aromatic rings. The van der Waals surface area contributed by atoms with Gasteiger partial charge in [-0.15, -0.1) is 0 Å². The van der Waals surface area contributed by atoms with E-state index in [-0.39, 0.29) is 30.6 Å². The summed E-state index contributed by atoms with van der Waals surface area (Å²) in [6.45, 7) is 4.04. The first-order valence-electron chi connectivity index (χ1n) is 10.3. The molecule has 0 radical (unpaired) electrons. The van der Waals surface area contributed by atoms with E-state index in [1.807, 2.05) is 42.3 Å². The molecule has 4 rings (SSSR count). The Kier molecular flexibility index (Phi) is 5.55. The predicted molar refractivity (Wildman–Crippen MR) is 117 cm³/mol. The Hall–Kier alpha value is -3.19. The second-order valence-electron chi connectivity index (χ2n) is 7.71. The first kappa shape index (κ1) is 20.1. The maximum Gasteiger partial charge on any atom is 0.331 e. The van der Waals surface area contributed by atoms with Crippen molar-refractivity contribution < 1.29 is 4.79 Å². The van der Waals surface area contributed by atoms with E-state index in [4.69, 9.17) is 0 Å². The maximum absolute atomic E-state index is 13.4. The molecule has 1 unspecified atom stereocenters. The van der Waals surface area contributed by atoms with Crippen LogP contribution in [0, 0.1) is 0 Å². The lowest BCUT2D eigenvalue weighted by Gasteiger charge is -2.40. The van der Waals surface area contributed by atoms with Crippen molar-refractivity contribution in [2.75, 3.05) is 26.7 Å². The molecule has 1 atom stereocenters. The fourth-order valence-electron chi connectivity index (χ4n) is 4.21. The molecule has 0 spiro atoms. The van der Waals surface area contributed by atoms with Crippen LogP contribution in [0.5, 0.6) is 0 Å². The first-order chi connectivity index (χ1) is 14.5. The average molecular weight is 406 g/mol. The Bertz CT molecular complexity index is 1180. The number of piperazine rings is 1. The molecule has 2 heterocycles. The van der Waals surface area contributed by atoms with Crippen molar-refractivity contribution in [3.8, 4) is 0 Å². The van der Waals surface area contributed by atoms with E-state index in [1.165, 1.54) is 9.13 Å². The minimum Gasteiger partial charge on any atom is -0.332 e. The van der Waals surface area contributed by atoms with Crippen LogP contribution in [-0.4, -0.2) is 51.5 Å².